The minimum atomic E-state index is 0.972. The molecule has 0 saturated carbocycles. The molecule has 1 aliphatic heterocycles. The van der Waals surface area contributed by atoms with Gasteiger partial charge in [-0.3, -0.25) is 0 Å². The van der Waals surface area contributed by atoms with E-state index < -0.39 is 0 Å². The van der Waals surface area contributed by atoms with Gasteiger partial charge in [0.25, 0.3) is 0 Å². The van der Waals surface area contributed by atoms with Crippen LogP contribution in [0, 0.1) is 0 Å². The Hall–Kier alpha value is -0.0200. The third kappa shape index (κ3) is 0.880. The molecule has 0 amide bonds. The van der Waals surface area contributed by atoms with Crippen LogP contribution >= 0.6 is 24.4 Å². The fraction of sp³-hybridized carbons (Fsp3) is 0.200. The molecule has 0 radical (unpaired) electrons. The van der Waals surface area contributed by atoms with E-state index in [1.165, 1.54) is 0 Å². The number of nitrogens with zero attached hydrogens (tertiary/aromatic N) is 1. The van der Waals surface area contributed by atoms with Crippen molar-refractivity contribution in [2.75, 3.05) is 7.05 Å². The van der Waals surface area contributed by atoms with Crippen molar-refractivity contribution < 1.29 is 0 Å². The second-order valence-electron chi connectivity index (χ2n) is 1.55. The van der Waals surface area contributed by atoms with Crippen molar-refractivity contribution in [3.63, 3.8) is 0 Å². The summed E-state index contributed by atoms with van der Waals surface area (Å²) in [6.45, 7) is 3.77. The van der Waals surface area contributed by atoms with Crippen molar-refractivity contribution in [2.24, 2.45) is 0 Å². The van der Waals surface area contributed by atoms with E-state index >= 15 is 0 Å². The summed E-state index contributed by atoms with van der Waals surface area (Å²) in [5.41, 5.74) is 0. The van der Waals surface area contributed by atoms with E-state index in [2.05, 4.69) is 19.2 Å². The molecule has 0 unspecified atom stereocenters. The molecular formula is C5H7NS2. The maximum absolute atomic E-state index is 4.15. The minimum absolute atomic E-state index is 0.972. The summed E-state index contributed by atoms with van der Waals surface area (Å²) in [7, 11) is 1.95. The van der Waals surface area contributed by atoms with E-state index in [1.54, 1.807) is 11.8 Å². The Morgan fingerprint density at radius 2 is 2.50 bits per heavy atom. The van der Waals surface area contributed by atoms with Gasteiger partial charge < -0.3 is 4.90 Å². The molecule has 0 aromatic heterocycles. The second-order valence-corrected chi connectivity index (χ2v) is 2.95. The molecule has 8 heavy (non-hydrogen) atoms. The lowest BCUT2D eigenvalue weighted by Gasteiger charge is -2.10. The van der Waals surface area contributed by atoms with Gasteiger partial charge in [-0.2, -0.15) is 0 Å². The van der Waals surface area contributed by atoms with Gasteiger partial charge in [0.1, 0.15) is 0 Å². The molecule has 1 rings (SSSR count). The third-order valence-electron chi connectivity index (χ3n) is 1.02. The first kappa shape index (κ1) is 6.11. The molecule has 0 aromatic carbocycles. The van der Waals surface area contributed by atoms with Crippen LogP contribution in [0.3, 0.4) is 0 Å². The highest BCUT2D eigenvalue weighted by atomic mass is 32.2. The van der Waals surface area contributed by atoms with Gasteiger partial charge in [0.15, 0.2) is 0 Å². The Kier molecular flexibility index (Phi) is 1.58. The summed E-state index contributed by atoms with van der Waals surface area (Å²) >= 11 is 5.76. The van der Waals surface area contributed by atoms with Gasteiger partial charge in [-0.05, 0) is 0 Å². The van der Waals surface area contributed by atoms with Crippen LogP contribution in [0.1, 0.15) is 0 Å². The van der Waals surface area contributed by atoms with Gasteiger partial charge in [0.05, 0.1) is 10.1 Å². The summed E-state index contributed by atoms with van der Waals surface area (Å²) in [5.74, 6) is 0. The molecule has 0 N–H and O–H groups in total. The first-order valence-electron chi connectivity index (χ1n) is 2.20. The monoisotopic (exact) mass is 145 g/mol. The SMILES string of the molecule is C=C1SC=C(S)N1C. The summed E-state index contributed by atoms with van der Waals surface area (Å²) in [4.78, 5) is 1.94. The second kappa shape index (κ2) is 2.07. The van der Waals surface area contributed by atoms with Crippen LogP contribution in [-0.2, 0) is 0 Å². The van der Waals surface area contributed by atoms with Gasteiger partial charge >= 0.3 is 0 Å². The van der Waals surface area contributed by atoms with E-state index in [0.29, 0.717) is 0 Å². The summed E-state index contributed by atoms with van der Waals surface area (Å²) in [6, 6.07) is 0. The van der Waals surface area contributed by atoms with Gasteiger partial charge in [-0.25, -0.2) is 0 Å². The van der Waals surface area contributed by atoms with E-state index in [9.17, 15) is 0 Å². The maximum Gasteiger partial charge on any atom is 0.0790 e. The van der Waals surface area contributed by atoms with E-state index in [0.717, 1.165) is 10.1 Å². The Morgan fingerprint density at radius 1 is 1.88 bits per heavy atom. The Labute approximate surface area is 58.9 Å². The zero-order valence-electron chi connectivity index (χ0n) is 4.59. The lowest BCUT2D eigenvalue weighted by atomic mass is 10.8. The van der Waals surface area contributed by atoms with Crippen LogP contribution in [0.5, 0.6) is 0 Å². The largest absolute Gasteiger partial charge is 0.334 e. The van der Waals surface area contributed by atoms with Crippen LogP contribution < -0.4 is 0 Å². The molecule has 0 fully saturated rings. The van der Waals surface area contributed by atoms with Crippen LogP contribution in [0.25, 0.3) is 0 Å². The van der Waals surface area contributed by atoms with Crippen molar-refractivity contribution in [3.05, 3.63) is 22.0 Å². The van der Waals surface area contributed by atoms with Crippen molar-refractivity contribution in [1.82, 2.24) is 4.90 Å². The van der Waals surface area contributed by atoms with Gasteiger partial charge in [0, 0.05) is 12.5 Å². The van der Waals surface area contributed by atoms with Gasteiger partial charge in [-0.1, -0.05) is 18.3 Å². The normalized spacial score (nSPS) is 19.5. The highest BCUT2D eigenvalue weighted by Gasteiger charge is 2.10. The van der Waals surface area contributed by atoms with Crippen LogP contribution in [0.4, 0.5) is 0 Å². The van der Waals surface area contributed by atoms with Gasteiger partial charge in [0.2, 0.25) is 0 Å². The van der Waals surface area contributed by atoms with Crippen molar-refractivity contribution in [2.45, 2.75) is 0 Å². The molecule has 1 aliphatic rings. The topological polar surface area (TPSA) is 3.24 Å². The molecule has 0 saturated heterocycles. The molecule has 0 bridgehead atoms. The lowest BCUT2D eigenvalue weighted by Crippen LogP contribution is -2.05. The highest BCUT2D eigenvalue weighted by Crippen LogP contribution is 2.32. The van der Waals surface area contributed by atoms with Crippen LogP contribution in [-0.4, -0.2) is 11.9 Å². The van der Waals surface area contributed by atoms with E-state index in [1.807, 2.05) is 17.4 Å². The van der Waals surface area contributed by atoms with Crippen molar-refractivity contribution in [3.8, 4) is 0 Å². The van der Waals surface area contributed by atoms with E-state index in [-0.39, 0.29) is 0 Å². The van der Waals surface area contributed by atoms with E-state index in [4.69, 9.17) is 0 Å². The Morgan fingerprint density at radius 3 is 2.62 bits per heavy atom. The van der Waals surface area contributed by atoms with Crippen LogP contribution in [0.15, 0.2) is 22.0 Å². The molecule has 44 valence electrons. The molecule has 1 nitrogen and oxygen atoms in total. The average Bonchev–Trinajstić information content (AvgIpc) is 1.98. The summed E-state index contributed by atoms with van der Waals surface area (Å²) < 4.78 is 0. The third-order valence-corrected chi connectivity index (χ3v) is 2.51. The zero-order valence-corrected chi connectivity index (χ0v) is 6.30. The molecule has 0 atom stereocenters. The quantitative estimate of drug-likeness (QED) is 0.518. The lowest BCUT2D eigenvalue weighted by molar-refractivity contribution is 0.609. The molecular weight excluding hydrogens is 138 g/mol. The minimum Gasteiger partial charge on any atom is -0.334 e. The van der Waals surface area contributed by atoms with Gasteiger partial charge in [-0.15, -0.1) is 12.6 Å². The zero-order chi connectivity index (χ0) is 6.15. The maximum atomic E-state index is 4.15. The highest BCUT2D eigenvalue weighted by molar-refractivity contribution is 8.06. The Balaban J connectivity index is 2.72. The molecule has 1 heterocycles. The first-order valence-corrected chi connectivity index (χ1v) is 3.53. The molecule has 3 heteroatoms. The first-order chi connectivity index (χ1) is 3.72. The molecule has 0 aromatic rings. The number of rotatable bonds is 0. The molecule has 0 aliphatic carbocycles. The predicted molar refractivity (Wildman–Crippen MR) is 41.6 cm³/mol. The number of hydrogen-bond donors (Lipinski definition) is 1. The number of thioether (sulfide) groups is 1. The van der Waals surface area contributed by atoms with Crippen LogP contribution in [0.2, 0.25) is 0 Å². The fourth-order valence-electron chi connectivity index (χ4n) is 0.407. The smallest absolute Gasteiger partial charge is 0.0790 e. The van der Waals surface area contributed by atoms with Crippen molar-refractivity contribution in [1.29, 1.82) is 0 Å². The summed E-state index contributed by atoms with van der Waals surface area (Å²) in [6.07, 6.45) is 0. The Bertz CT molecular complexity index is 151. The van der Waals surface area contributed by atoms with Crippen molar-refractivity contribution >= 4 is 24.4 Å². The predicted octanol–water partition coefficient (Wildman–Crippen LogP) is 1.86. The standard InChI is InChI=1S/C5H7NS2/c1-4-6(2)5(7)3-8-4/h3,7H,1H2,2H3. The fourth-order valence-corrected chi connectivity index (χ4v) is 1.41. The number of hydrogen-bond acceptors (Lipinski definition) is 3. The summed E-state index contributed by atoms with van der Waals surface area (Å²) in [5, 5.41) is 3.97. The number of thiol groups is 1. The average molecular weight is 145 g/mol. The molecule has 0 spiro atoms.